The molecule has 2 aliphatic rings. The van der Waals surface area contributed by atoms with Crippen molar-refractivity contribution >= 4 is 0 Å². The van der Waals surface area contributed by atoms with Gasteiger partial charge in [0.1, 0.15) is 0 Å². The Balaban J connectivity index is 1.92. The molecule has 0 spiro atoms. The monoisotopic (exact) mass is 255 g/mol. The smallest absolute Gasteiger partial charge is 0.0589 e. The highest BCUT2D eigenvalue weighted by Gasteiger charge is 2.37. The van der Waals surface area contributed by atoms with E-state index in [1.165, 1.54) is 51.4 Å². The van der Waals surface area contributed by atoms with Crippen LogP contribution in [0.15, 0.2) is 0 Å². The molecule has 0 amide bonds. The summed E-state index contributed by atoms with van der Waals surface area (Å²) < 4.78 is 5.23. The van der Waals surface area contributed by atoms with Crippen molar-refractivity contribution in [2.45, 2.75) is 57.4 Å². The molecule has 106 valence electrons. The molecule has 0 aromatic rings. The van der Waals surface area contributed by atoms with E-state index in [4.69, 9.17) is 4.74 Å². The van der Waals surface area contributed by atoms with Gasteiger partial charge >= 0.3 is 0 Å². The maximum absolute atomic E-state index is 9.89. The molecule has 0 unspecified atom stereocenters. The lowest BCUT2D eigenvalue weighted by molar-refractivity contribution is 0.0442. The summed E-state index contributed by atoms with van der Waals surface area (Å²) in [5, 5.41) is 9.89. The number of aliphatic hydroxyl groups is 1. The molecular formula is C15H29NO2. The zero-order valence-electron chi connectivity index (χ0n) is 11.9. The fourth-order valence-corrected chi connectivity index (χ4v) is 3.31. The first-order valence-electron chi connectivity index (χ1n) is 7.63. The van der Waals surface area contributed by atoms with Crippen LogP contribution in [0.2, 0.25) is 0 Å². The third-order valence-electron chi connectivity index (χ3n) is 4.68. The summed E-state index contributed by atoms with van der Waals surface area (Å²) in [4.78, 5) is 2.57. The van der Waals surface area contributed by atoms with Gasteiger partial charge in [0, 0.05) is 38.3 Å². The summed E-state index contributed by atoms with van der Waals surface area (Å²) in [5.74, 6) is 0. The molecule has 0 radical (unpaired) electrons. The molecule has 0 aliphatic heterocycles. The van der Waals surface area contributed by atoms with Gasteiger partial charge in [0.2, 0.25) is 0 Å². The molecular weight excluding hydrogens is 226 g/mol. The van der Waals surface area contributed by atoms with Crippen LogP contribution in [0, 0.1) is 5.41 Å². The normalized spacial score (nSPS) is 24.2. The van der Waals surface area contributed by atoms with Crippen molar-refractivity contribution in [3.63, 3.8) is 0 Å². The first-order chi connectivity index (χ1) is 8.79. The maximum Gasteiger partial charge on any atom is 0.0589 e. The molecule has 2 aliphatic carbocycles. The van der Waals surface area contributed by atoms with Crippen molar-refractivity contribution in [2.24, 2.45) is 5.41 Å². The predicted molar refractivity (Wildman–Crippen MR) is 73.7 cm³/mol. The molecule has 3 heteroatoms. The molecule has 0 saturated heterocycles. The van der Waals surface area contributed by atoms with Crippen LogP contribution >= 0.6 is 0 Å². The van der Waals surface area contributed by atoms with Crippen molar-refractivity contribution in [1.82, 2.24) is 4.90 Å². The van der Waals surface area contributed by atoms with E-state index in [9.17, 15) is 5.11 Å². The number of nitrogens with zero attached hydrogens (tertiary/aromatic N) is 1. The van der Waals surface area contributed by atoms with Gasteiger partial charge in [-0.05, 0) is 25.7 Å². The summed E-state index contributed by atoms with van der Waals surface area (Å²) in [6.45, 7) is 3.29. The van der Waals surface area contributed by atoms with Gasteiger partial charge in [-0.15, -0.1) is 0 Å². The topological polar surface area (TPSA) is 32.7 Å². The van der Waals surface area contributed by atoms with Gasteiger partial charge in [0.25, 0.3) is 0 Å². The van der Waals surface area contributed by atoms with E-state index in [1.54, 1.807) is 7.11 Å². The third kappa shape index (κ3) is 3.94. The minimum Gasteiger partial charge on any atom is -0.396 e. The molecule has 0 heterocycles. The molecule has 0 aromatic carbocycles. The van der Waals surface area contributed by atoms with Gasteiger partial charge in [0.15, 0.2) is 0 Å². The average Bonchev–Trinajstić information content (AvgIpc) is 3.21. The number of hydrogen-bond acceptors (Lipinski definition) is 3. The zero-order chi connectivity index (χ0) is 12.8. The summed E-state index contributed by atoms with van der Waals surface area (Å²) in [6, 6.07) is 0.770. The van der Waals surface area contributed by atoms with Gasteiger partial charge in [-0.3, -0.25) is 4.90 Å². The van der Waals surface area contributed by atoms with Crippen molar-refractivity contribution < 1.29 is 9.84 Å². The minimum atomic E-state index is 0.173. The highest BCUT2D eigenvalue weighted by atomic mass is 16.5. The number of hydrogen-bond donors (Lipinski definition) is 1. The molecule has 0 bridgehead atoms. The second-order valence-electron chi connectivity index (χ2n) is 6.27. The fourth-order valence-electron chi connectivity index (χ4n) is 3.31. The van der Waals surface area contributed by atoms with E-state index in [1.807, 2.05) is 0 Å². The van der Waals surface area contributed by atoms with Crippen molar-refractivity contribution in [3.05, 3.63) is 0 Å². The lowest BCUT2D eigenvalue weighted by Crippen LogP contribution is -2.42. The number of methoxy groups -OCH3 is 1. The Kier molecular flexibility index (Phi) is 5.46. The van der Waals surface area contributed by atoms with Crippen molar-refractivity contribution in [3.8, 4) is 0 Å². The maximum atomic E-state index is 9.89. The lowest BCUT2D eigenvalue weighted by atomic mass is 9.80. The predicted octanol–water partition coefficient (Wildman–Crippen LogP) is 2.43. The molecule has 2 fully saturated rings. The van der Waals surface area contributed by atoms with Gasteiger partial charge in [0.05, 0.1) is 6.61 Å². The Hall–Kier alpha value is -0.120. The Bertz CT molecular complexity index is 233. The summed E-state index contributed by atoms with van der Waals surface area (Å²) >= 11 is 0. The van der Waals surface area contributed by atoms with E-state index >= 15 is 0 Å². The van der Waals surface area contributed by atoms with Crippen molar-refractivity contribution in [1.29, 1.82) is 0 Å². The van der Waals surface area contributed by atoms with E-state index in [0.717, 1.165) is 25.7 Å². The molecule has 2 saturated carbocycles. The zero-order valence-corrected chi connectivity index (χ0v) is 11.9. The first kappa shape index (κ1) is 14.3. The van der Waals surface area contributed by atoms with Crippen LogP contribution in [0.1, 0.15) is 51.4 Å². The second-order valence-corrected chi connectivity index (χ2v) is 6.27. The molecule has 18 heavy (non-hydrogen) atoms. The van der Waals surface area contributed by atoms with Gasteiger partial charge in [-0.2, -0.15) is 0 Å². The molecule has 1 N–H and O–H groups in total. The third-order valence-corrected chi connectivity index (χ3v) is 4.68. The molecule has 2 rings (SSSR count). The van der Waals surface area contributed by atoms with Gasteiger partial charge in [-0.1, -0.05) is 25.7 Å². The Labute approximate surface area is 112 Å². The lowest BCUT2D eigenvalue weighted by Gasteiger charge is -2.36. The van der Waals surface area contributed by atoms with E-state index in [0.29, 0.717) is 6.61 Å². The Morgan fingerprint density at radius 2 is 1.83 bits per heavy atom. The van der Waals surface area contributed by atoms with E-state index in [2.05, 4.69) is 4.90 Å². The van der Waals surface area contributed by atoms with Crippen LogP contribution in [0.4, 0.5) is 0 Å². The quantitative estimate of drug-likeness (QED) is 0.709. The van der Waals surface area contributed by atoms with Crippen LogP contribution in [0.3, 0.4) is 0 Å². The van der Waals surface area contributed by atoms with Gasteiger partial charge in [-0.25, -0.2) is 0 Å². The standard InChI is InChI=1S/C15H29NO2/c1-18-11-10-16(14-6-7-14)12-15(13-17)8-4-2-3-5-9-15/h14,17H,2-13H2,1H3. The summed E-state index contributed by atoms with van der Waals surface area (Å²) in [6.07, 6.45) is 10.4. The number of ether oxygens (including phenoxy) is 1. The Morgan fingerprint density at radius 3 is 2.33 bits per heavy atom. The molecule has 0 atom stereocenters. The fraction of sp³-hybridized carbons (Fsp3) is 1.00. The largest absolute Gasteiger partial charge is 0.396 e. The number of rotatable bonds is 7. The number of aliphatic hydroxyl groups excluding tert-OH is 1. The highest BCUT2D eigenvalue weighted by molar-refractivity contribution is 4.91. The summed E-state index contributed by atoms with van der Waals surface area (Å²) in [5.41, 5.74) is 0.173. The van der Waals surface area contributed by atoms with E-state index < -0.39 is 0 Å². The van der Waals surface area contributed by atoms with Crippen LogP contribution in [0.25, 0.3) is 0 Å². The molecule has 0 aromatic heterocycles. The minimum absolute atomic E-state index is 0.173. The Morgan fingerprint density at radius 1 is 1.17 bits per heavy atom. The second kappa shape index (κ2) is 6.88. The highest BCUT2D eigenvalue weighted by Crippen LogP contribution is 2.38. The average molecular weight is 255 g/mol. The summed E-state index contributed by atoms with van der Waals surface area (Å²) in [7, 11) is 1.78. The van der Waals surface area contributed by atoms with Crippen molar-refractivity contribution in [2.75, 3.05) is 33.4 Å². The van der Waals surface area contributed by atoms with Crippen LogP contribution in [-0.2, 0) is 4.74 Å². The molecule has 3 nitrogen and oxygen atoms in total. The SMILES string of the molecule is COCCN(CC1(CO)CCCCCC1)C1CC1. The van der Waals surface area contributed by atoms with Crippen LogP contribution in [0.5, 0.6) is 0 Å². The van der Waals surface area contributed by atoms with E-state index in [-0.39, 0.29) is 5.41 Å². The van der Waals surface area contributed by atoms with Crippen LogP contribution in [-0.4, -0.2) is 49.5 Å². The van der Waals surface area contributed by atoms with Gasteiger partial charge < -0.3 is 9.84 Å². The first-order valence-corrected chi connectivity index (χ1v) is 7.63. The van der Waals surface area contributed by atoms with Crippen LogP contribution < -0.4 is 0 Å².